The first-order chi connectivity index (χ1) is 5.72. The molecule has 1 N–H and O–H groups in total. The molecule has 0 saturated carbocycles. The number of anilines is 1. The van der Waals surface area contributed by atoms with Crippen LogP contribution in [0.1, 0.15) is 5.82 Å². The predicted octanol–water partition coefficient (Wildman–Crippen LogP) is 0.962. The number of aryl methyl sites for hydroxylation is 1. The van der Waals surface area contributed by atoms with Gasteiger partial charge in [0.05, 0.1) is 18.1 Å². The summed E-state index contributed by atoms with van der Waals surface area (Å²) in [7, 11) is 0. The van der Waals surface area contributed by atoms with Crippen molar-refractivity contribution in [1.29, 1.82) is 0 Å². The van der Waals surface area contributed by atoms with Crippen molar-refractivity contribution in [3.05, 3.63) is 18.2 Å². The summed E-state index contributed by atoms with van der Waals surface area (Å²) < 4.78 is 0. The minimum atomic E-state index is -0.260. The Balaban J connectivity index is 2.64. The van der Waals surface area contributed by atoms with E-state index < -0.39 is 0 Å². The van der Waals surface area contributed by atoms with Gasteiger partial charge in [0.15, 0.2) is 0 Å². The molecule has 4 nitrogen and oxygen atoms in total. The Kier molecular flexibility index (Phi) is 2.99. The highest BCUT2D eigenvalue weighted by Gasteiger charge is 1.99. The van der Waals surface area contributed by atoms with E-state index >= 15 is 0 Å². The zero-order valence-electron chi connectivity index (χ0n) is 6.54. The van der Waals surface area contributed by atoms with Gasteiger partial charge in [-0.2, -0.15) is 0 Å². The van der Waals surface area contributed by atoms with E-state index in [4.69, 9.17) is 11.6 Å². The van der Waals surface area contributed by atoms with Crippen molar-refractivity contribution in [1.82, 2.24) is 9.97 Å². The van der Waals surface area contributed by atoms with E-state index in [0.717, 1.165) is 0 Å². The number of hydrogen-bond acceptors (Lipinski definition) is 3. The van der Waals surface area contributed by atoms with Crippen LogP contribution < -0.4 is 5.32 Å². The molecule has 0 aliphatic carbocycles. The fraction of sp³-hybridized carbons (Fsp3) is 0.286. The highest BCUT2D eigenvalue weighted by molar-refractivity contribution is 6.29. The van der Waals surface area contributed by atoms with Gasteiger partial charge in [-0.1, -0.05) is 0 Å². The first-order valence-electron chi connectivity index (χ1n) is 3.37. The molecule has 12 heavy (non-hydrogen) atoms. The number of carbonyl (C=O) groups excluding carboxylic acids is 1. The minimum Gasteiger partial charge on any atom is -0.322 e. The Morgan fingerprint density at radius 2 is 2.17 bits per heavy atom. The molecule has 1 aromatic rings. The number of nitrogens with one attached hydrogen (secondary N) is 1. The van der Waals surface area contributed by atoms with E-state index in [-0.39, 0.29) is 11.8 Å². The lowest BCUT2D eigenvalue weighted by Gasteiger charge is -2.00. The topological polar surface area (TPSA) is 54.9 Å². The Morgan fingerprint density at radius 1 is 1.58 bits per heavy atom. The van der Waals surface area contributed by atoms with E-state index in [2.05, 4.69) is 15.3 Å². The van der Waals surface area contributed by atoms with Crippen LogP contribution in [-0.2, 0) is 4.79 Å². The molecule has 1 heterocycles. The summed E-state index contributed by atoms with van der Waals surface area (Å²) in [5, 5.41) is 2.52. The molecule has 0 aliphatic rings. The normalized spacial score (nSPS) is 9.50. The van der Waals surface area contributed by atoms with Crippen molar-refractivity contribution in [2.45, 2.75) is 6.92 Å². The molecule has 1 amide bonds. The highest BCUT2D eigenvalue weighted by atomic mass is 35.5. The van der Waals surface area contributed by atoms with Crippen LogP contribution in [0.2, 0.25) is 0 Å². The second-order valence-electron chi connectivity index (χ2n) is 2.20. The smallest absolute Gasteiger partial charge is 0.239 e. The summed E-state index contributed by atoms with van der Waals surface area (Å²) in [5.74, 6) is 0.344. The van der Waals surface area contributed by atoms with Crippen molar-refractivity contribution >= 4 is 23.2 Å². The van der Waals surface area contributed by atoms with Crippen LogP contribution in [0.4, 0.5) is 5.69 Å². The Bertz CT molecular complexity index is 272. The summed E-state index contributed by atoms with van der Waals surface area (Å²) in [6.45, 7) is 1.77. The Hall–Kier alpha value is -1.16. The SMILES string of the molecule is Cc1ncc(NC(=O)CCl)cn1. The van der Waals surface area contributed by atoms with Gasteiger partial charge in [0.2, 0.25) is 5.91 Å². The summed E-state index contributed by atoms with van der Waals surface area (Å²) in [5.41, 5.74) is 0.561. The third kappa shape index (κ3) is 2.47. The molecule has 1 aromatic heterocycles. The molecule has 0 saturated heterocycles. The first kappa shape index (κ1) is 8.93. The van der Waals surface area contributed by atoms with Crippen LogP contribution >= 0.6 is 11.6 Å². The van der Waals surface area contributed by atoms with E-state index in [1.165, 1.54) is 12.4 Å². The van der Waals surface area contributed by atoms with Gasteiger partial charge in [0.25, 0.3) is 0 Å². The molecule has 0 atom stereocenters. The molecular formula is C7H8ClN3O. The van der Waals surface area contributed by atoms with Crippen LogP contribution in [0.5, 0.6) is 0 Å². The molecule has 0 radical (unpaired) electrons. The molecule has 0 fully saturated rings. The third-order valence-electron chi connectivity index (χ3n) is 1.19. The zero-order valence-corrected chi connectivity index (χ0v) is 7.30. The average molecular weight is 186 g/mol. The van der Waals surface area contributed by atoms with Crippen molar-refractivity contribution in [3.63, 3.8) is 0 Å². The van der Waals surface area contributed by atoms with E-state index in [1.54, 1.807) is 6.92 Å². The quantitative estimate of drug-likeness (QED) is 0.699. The number of nitrogens with zero attached hydrogens (tertiary/aromatic N) is 2. The number of halogens is 1. The second-order valence-corrected chi connectivity index (χ2v) is 2.47. The van der Waals surface area contributed by atoms with Crippen molar-refractivity contribution in [2.24, 2.45) is 0 Å². The molecular weight excluding hydrogens is 178 g/mol. The van der Waals surface area contributed by atoms with Gasteiger partial charge in [0.1, 0.15) is 11.7 Å². The van der Waals surface area contributed by atoms with Crippen LogP contribution in [0.15, 0.2) is 12.4 Å². The van der Waals surface area contributed by atoms with Crippen LogP contribution in [0.3, 0.4) is 0 Å². The fourth-order valence-electron chi connectivity index (χ4n) is 0.652. The Morgan fingerprint density at radius 3 is 2.67 bits per heavy atom. The predicted molar refractivity (Wildman–Crippen MR) is 46.1 cm³/mol. The first-order valence-corrected chi connectivity index (χ1v) is 3.90. The lowest BCUT2D eigenvalue weighted by atomic mass is 10.5. The maximum atomic E-state index is 10.8. The molecule has 0 bridgehead atoms. The summed E-state index contributed by atoms with van der Waals surface area (Å²) in [6, 6.07) is 0. The van der Waals surface area contributed by atoms with Crippen molar-refractivity contribution in [3.8, 4) is 0 Å². The summed E-state index contributed by atoms with van der Waals surface area (Å²) in [6.07, 6.45) is 3.07. The van der Waals surface area contributed by atoms with Crippen molar-refractivity contribution < 1.29 is 4.79 Å². The lowest BCUT2D eigenvalue weighted by molar-refractivity contribution is -0.113. The van der Waals surface area contributed by atoms with E-state index in [9.17, 15) is 4.79 Å². The molecule has 0 spiro atoms. The molecule has 0 aliphatic heterocycles. The zero-order chi connectivity index (χ0) is 8.97. The number of rotatable bonds is 2. The van der Waals surface area contributed by atoms with Gasteiger partial charge in [-0.05, 0) is 6.92 Å². The maximum Gasteiger partial charge on any atom is 0.239 e. The van der Waals surface area contributed by atoms with E-state index in [1.807, 2.05) is 0 Å². The third-order valence-corrected chi connectivity index (χ3v) is 1.43. The van der Waals surface area contributed by atoms with E-state index in [0.29, 0.717) is 11.5 Å². The number of hydrogen-bond donors (Lipinski definition) is 1. The lowest BCUT2D eigenvalue weighted by Crippen LogP contribution is -2.12. The average Bonchev–Trinajstić information content (AvgIpc) is 2.09. The summed E-state index contributed by atoms with van der Waals surface area (Å²) >= 11 is 5.28. The van der Waals surface area contributed by atoms with Gasteiger partial charge in [0, 0.05) is 0 Å². The molecule has 1 rings (SSSR count). The monoisotopic (exact) mass is 185 g/mol. The Labute approximate surface area is 75.0 Å². The van der Waals surface area contributed by atoms with Crippen LogP contribution in [0, 0.1) is 6.92 Å². The molecule has 5 heteroatoms. The number of aromatic nitrogens is 2. The van der Waals surface area contributed by atoms with Gasteiger partial charge in [-0.15, -0.1) is 11.6 Å². The van der Waals surface area contributed by atoms with Gasteiger partial charge in [-0.3, -0.25) is 4.79 Å². The molecule has 64 valence electrons. The number of alkyl halides is 1. The van der Waals surface area contributed by atoms with Gasteiger partial charge >= 0.3 is 0 Å². The second kappa shape index (κ2) is 4.01. The van der Waals surface area contributed by atoms with Gasteiger partial charge < -0.3 is 5.32 Å². The minimum absolute atomic E-state index is 0.0616. The fourth-order valence-corrected chi connectivity index (χ4v) is 0.718. The van der Waals surface area contributed by atoms with Gasteiger partial charge in [-0.25, -0.2) is 9.97 Å². The highest BCUT2D eigenvalue weighted by Crippen LogP contribution is 2.01. The largest absolute Gasteiger partial charge is 0.322 e. The maximum absolute atomic E-state index is 10.8. The standard InChI is InChI=1S/C7H8ClN3O/c1-5-9-3-6(4-10-5)11-7(12)2-8/h3-4H,2H2,1H3,(H,11,12). The van der Waals surface area contributed by atoms with Crippen LogP contribution in [-0.4, -0.2) is 21.8 Å². The number of carbonyl (C=O) groups is 1. The number of amides is 1. The summed E-state index contributed by atoms with van der Waals surface area (Å²) in [4.78, 5) is 18.6. The van der Waals surface area contributed by atoms with Crippen LogP contribution in [0.25, 0.3) is 0 Å². The molecule has 0 unspecified atom stereocenters. The molecule has 0 aromatic carbocycles. The van der Waals surface area contributed by atoms with Crippen molar-refractivity contribution in [2.75, 3.05) is 11.2 Å².